The summed E-state index contributed by atoms with van der Waals surface area (Å²) < 4.78 is 5.35. The van der Waals surface area contributed by atoms with Crippen molar-refractivity contribution in [2.75, 3.05) is 36.5 Å². The van der Waals surface area contributed by atoms with E-state index in [1.54, 1.807) is 11.3 Å². The highest BCUT2D eigenvalue weighted by Crippen LogP contribution is 2.28. The highest BCUT2D eigenvalue weighted by molar-refractivity contribution is 7.14. The van der Waals surface area contributed by atoms with Crippen LogP contribution in [0.2, 0.25) is 0 Å². The normalized spacial score (nSPS) is 15.1. The third kappa shape index (κ3) is 2.81. The number of nitrogens with one attached hydrogen (secondary N) is 1. The average molecular weight is 289 g/mol. The SMILES string of the molecule is O=CNc1ccc(-c2csc(N3CCOCC3)n2)cc1. The standard InChI is InChI=1S/C14H15N3O2S/c18-10-15-12-3-1-11(2-4-12)13-9-20-14(16-13)17-5-7-19-8-6-17/h1-4,9-10H,5-8H2,(H,15,18). The van der Waals surface area contributed by atoms with E-state index in [1.165, 1.54) is 0 Å². The van der Waals surface area contributed by atoms with Crippen LogP contribution in [-0.2, 0) is 9.53 Å². The molecule has 3 rings (SSSR count). The van der Waals surface area contributed by atoms with E-state index < -0.39 is 0 Å². The van der Waals surface area contributed by atoms with Crippen LogP contribution in [0.4, 0.5) is 10.8 Å². The minimum Gasteiger partial charge on any atom is -0.378 e. The third-order valence-electron chi connectivity index (χ3n) is 3.18. The molecular formula is C14H15N3O2S. The summed E-state index contributed by atoms with van der Waals surface area (Å²) in [5.41, 5.74) is 2.80. The van der Waals surface area contributed by atoms with Crippen molar-refractivity contribution in [1.82, 2.24) is 4.98 Å². The number of carbonyl (C=O) groups excluding carboxylic acids is 1. The Morgan fingerprint density at radius 3 is 2.70 bits per heavy atom. The number of ether oxygens (including phenoxy) is 1. The number of nitrogens with zero attached hydrogens (tertiary/aromatic N) is 2. The molecule has 0 aliphatic carbocycles. The highest BCUT2D eigenvalue weighted by Gasteiger charge is 2.15. The molecule has 104 valence electrons. The van der Waals surface area contributed by atoms with E-state index in [2.05, 4.69) is 20.6 Å². The van der Waals surface area contributed by atoms with E-state index in [9.17, 15) is 4.79 Å². The van der Waals surface area contributed by atoms with E-state index in [1.807, 2.05) is 24.3 Å². The van der Waals surface area contributed by atoms with Crippen LogP contribution < -0.4 is 10.2 Å². The summed E-state index contributed by atoms with van der Waals surface area (Å²) in [6.45, 7) is 3.33. The number of thiazole rings is 1. The molecule has 6 heteroatoms. The quantitative estimate of drug-likeness (QED) is 0.877. The number of hydrogen-bond donors (Lipinski definition) is 1. The Bertz CT molecular complexity index is 576. The van der Waals surface area contributed by atoms with Crippen LogP contribution in [0.3, 0.4) is 0 Å². The molecule has 1 fully saturated rings. The summed E-state index contributed by atoms with van der Waals surface area (Å²) in [5, 5.41) is 5.73. The molecule has 0 saturated carbocycles. The molecule has 1 aromatic carbocycles. The molecule has 1 amide bonds. The molecule has 1 saturated heterocycles. The maximum absolute atomic E-state index is 10.4. The van der Waals surface area contributed by atoms with Crippen molar-refractivity contribution in [1.29, 1.82) is 0 Å². The summed E-state index contributed by atoms with van der Waals surface area (Å²) >= 11 is 1.65. The minimum atomic E-state index is 0.675. The number of morpholine rings is 1. The van der Waals surface area contributed by atoms with Crippen LogP contribution in [0.5, 0.6) is 0 Å². The zero-order valence-electron chi connectivity index (χ0n) is 10.9. The number of carbonyl (C=O) groups is 1. The second-order valence-electron chi connectivity index (χ2n) is 4.45. The Morgan fingerprint density at radius 2 is 2.00 bits per heavy atom. The number of hydrogen-bond acceptors (Lipinski definition) is 5. The molecular weight excluding hydrogens is 274 g/mol. The lowest BCUT2D eigenvalue weighted by atomic mass is 10.1. The van der Waals surface area contributed by atoms with Crippen molar-refractivity contribution in [3.63, 3.8) is 0 Å². The zero-order chi connectivity index (χ0) is 13.8. The van der Waals surface area contributed by atoms with Crippen LogP contribution in [-0.4, -0.2) is 37.7 Å². The van der Waals surface area contributed by atoms with Crippen LogP contribution in [0, 0.1) is 0 Å². The Kier molecular flexibility index (Phi) is 3.94. The number of rotatable bonds is 4. The molecule has 2 aromatic rings. The van der Waals surface area contributed by atoms with Crippen LogP contribution in [0.15, 0.2) is 29.6 Å². The maximum Gasteiger partial charge on any atom is 0.211 e. The van der Waals surface area contributed by atoms with Crippen LogP contribution in [0.1, 0.15) is 0 Å². The highest BCUT2D eigenvalue weighted by atomic mass is 32.1. The van der Waals surface area contributed by atoms with Gasteiger partial charge < -0.3 is 15.0 Å². The minimum absolute atomic E-state index is 0.675. The Balaban J connectivity index is 1.76. The van der Waals surface area contributed by atoms with Gasteiger partial charge in [-0.25, -0.2) is 4.98 Å². The molecule has 0 bridgehead atoms. The largest absolute Gasteiger partial charge is 0.378 e. The number of aromatic nitrogens is 1. The predicted octanol–water partition coefficient (Wildman–Crippen LogP) is 2.21. The van der Waals surface area contributed by atoms with E-state index in [0.717, 1.165) is 48.4 Å². The van der Waals surface area contributed by atoms with Crippen molar-refractivity contribution in [2.24, 2.45) is 0 Å². The van der Waals surface area contributed by atoms with Crippen LogP contribution >= 0.6 is 11.3 Å². The molecule has 20 heavy (non-hydrogen) atoms. The van der Waals surface area contributed by atoms with Gasteiger partial charge in [0.25, 0.3) is 0 Å². The van der Waals surface area contributed by atoms with Gasteiger partial charge >= 0.3 is 0 Å². The van der Waals surface area contributed by atoms with Crippen molar-refractivity contribution >= 4 is 28.6 Å². The van der Waals surface area contributed by atoms with E-state index >= 15 is 0 Å². The van der Waals surface area contributed by atoms with E-state index in [-0.39, 0.29) is 0 Å². The summed E-state index contributed by atoms with van der Waals surface area (Å²) in [5.74, 6) is 0. The fourth-order valence-electron chi connectivity index (χ4n) is 2.10. The molecule has 1 N–H and O–H groups in total. The Hall–Kier alpha value is -1.92. The lowest BCUT2D eigenvalue weighted by Gasteiger charge is -2.26. The van der Waals surface area contributed by atoms with Gasteiger partial charge in [0.2, 0.25) is 6.41 Å². The van der Waals surface area contributed by atoms with Gasteiger partial charge in [0, 0.05) is 29.7 Å². The second-order valence-corrected chi connectivity index (χ2v) is 5.29. The predicted molar refractivity (Wildman–Crippen MR) is 80.3 cm³/mol. The summed E-state index contributed by atoms with van der Waals surface area (Å²) in [6.07, 6.45) is 0.675. The van der Waals surface area contributed by atoms with Crippen molar-refractivity contribution in [3.05, 3.63) is 29.6 Å². The van der Waals surface area contributed by atoms with Gasteiger partial charge in [-0.15, -0.1) is 11.3 Å². The molecule has 2 heterocycles. The van der Waals surface area contributed by atoms with Gasteiger partial charge in [-0.3, -0.25) is 4.79 Å². The van der Waals surface area contributed by atoms with Crippen molar-refractivity contribution < 1.29 is 9.53 Å². The van der Waals surface area contributed by atoms with E-state index in [4.69, 9.17) is 4.74 Å². The fraction of sp³-hybridized carbons (Fsp3) is 0.286. The van der Waals surface area contributed by atoms with Crippen LogP contribution in [0.25, 0.3) is 11.3 Å². The molecule has 1 aliphatic rings. The Labute approximate surface area is 121 Å². The number of benzene rings is 1. The molecule has 0 unspecified atom stereocenters. The molecule has 0 radical (unpaired) electrons. The topological polar surface area (TPSA) is 54.5 Å². The molecule has 0 spiro atoms. The molecule has 1 aliphatic heterocycles. The first-order chi connectivity index (χ1) is 9.86. The van der Waals surface area contributed by atoms with Gasteiger partial charge in [-0.1, -0.05) is 12.1 Å². The zero-order valence-corrected chi connectivity index (χ0v) is 11.7. The monoisotopic (exact) mass is 289 g/mol. The number of amides is 1. The first-order valence-corrected chi connectivity index (χ1v) is 7.33. The first kappa shape index (κ1) is 13.1. The third-order valence-corrected chi connectivity index (χ3v) is 4.08. The van der Waals surface area contributed by atoms with Gasteiger partial charge in [0.05, 0.1) is 18.9 Å². The lowest BCUT2D eigenvalue weighted by molar-refractivity contribution is -0.105. The van der Waals surface area contributed by atoms with Gasteiger partial charge in [-0.05, 0) is 12.1 Å². The first-order valence-electron chi connectivity index (χ1n) is 6.45. The fourth-order valence-corrected chi connectivity index (χ4v) is 2.99. The molecule has 1 aromatic heterocycles. The molecule has 5 nitrogen and oxygen atoms in total. The van der Waals surface area contributed by atoms with Gasteiger partial charge in [0.1, 0.15) is 0 Å². The van der Waals surface area contributed by atoms with E-state index in [0.29, 0.717) is 6.41 Å². The van der Waals surface area contributed by atoms with Crippen molar-refractivity contribution in [2.45, 2.75) is 0 Å². The maximum atomic E-state index is 10.4. The summed E-state index contributed by atoms with van der Waals surface area (Å²) in [7, 11) is 0. The molecule has 0 atom stereocenters. The summed E-state index contributed by atoms with van der Waals surface area (Å²) in [4.78, 5) is 17.3. The smallest absolute Gasteiger partial charge is 0.211 e. The second kappa shape index (κ2) is 6.02. The van der Waals surface area contributed by atoms with Crippen molar-refractivity contribution in [3.8, 4) is 11.3 Å². The average Bonchev–Trinajstić information content (AvgIpc) is 2.99. The summed E-state index contributed by atoms with van der Waals surface area (Å²) in [6, 6.07) is 7.67. The Morgan fingerprint density at radius 1 is 1.25 bits per heavy atom. The lowest BCUT2D eigenvalue weighted by Crippen LogP contribution is -2.36. The van der Waals surface area contributed by atoms with Gasteiger partial charge in [-0.2, -0.15) is 0 Å². The van der Waals surface area contributed by atoms with Gasteiger partial charge in [0.15, 0.2) is 5.13 Å². The number of anilines is 2.